The standard InChI is InChI=1S/C19H26O2/c20-18(21)14-19(10-3-4-11-19)12-9-15-7-8-16-5-1-2-6-17(16)13-15/h7-8,13H,1-6,9-12,14H2,(H,20,21). The van der Waals surface area contributed by atoms with E-state index < -0.39 is 5.97 Å². The lowest BCUT2D eigenvalue weighted by Crippen LogP contribution is -2.21. The van der Waals surface area contributed by atoms with Crippen LogP contribution in [0.3, 0.4) is 0 Å². The molecule has 0 bridgehead atoms. The fourth-order valence-electron chi connectivity index (χ4n) is 4.31. The number of aryl methyl sites for hydroxylation is 3. The lowest BCUT2D eigenvalue weighted by molar-refractivity contribution is -0.139. The Hall–Kier alpha value is -1.31. The molecule has 114 valence electrons. The largest absolute Gasteiger partial charge is 0.481 e. The Labute approximate surface area is 127 Å². The first-order valence-corrected chi connectivity index (χ1v) is 8.49. The van der Waals surface area contributed by atoms with Crippen molar-refractivity contribution >= 4 is 5.97 Å². The zero-order valence-corrected chi connectivity index (χ0v) is 12.9. The molecule has 0 radical (unpaired) electrons. The van der Waals surface area contributed by atoms with Gasteiger partial charge in [-0.1, -0.05) is 31.0 Å². The van der Waals surface area contributed by atoms with E-state index in [1.54, 1.807) is 0 Å². The number of aliphatic carboxylic acids is 1. The predicted molar refractivity (Wildman–Crippen MR) is 84.6 cm³/mol. The van der Waals surface area contributed by atoms with Crippen LogP contribution in [-0.4, -0.2) is 11.1 Å². The summed E-state index contributed by atoms with van der Waals surface area (Å²) in [4.78, 5) is 11.2. The van der Waals surface area contributed by atoms with Gasteiger partial charge in [0.05, 0.1) is 6.42 Å². The molecule has 0 aromatic heterocycles. The Morgan fingerprint density at radius 1 is 1.05 bits per heavy atom. The van der Waals surface area contributed by atoms with E-state index in [2.05, 4.69) is 18.2 Å². The summed E-state index contributed by atoms with van der Waals surface area (Å²) in [6, 6.07) is 6.97. The average molecular weight is 286 g/mol. The normalized spacial score (nSPS) is 20.2. The highest BCUT2D eigenvalue weighted by Gasteiger charge is 2.35. The fourth-order valence-corrected chi connectivity index (χ4v) is 4.31. The maximum absolute atomic E-state index is 11.2. The molecule has 0 saturated heterocycles. The van der Waals surface area contributed by atoms with Gasteiger partial charge in [0.25, 0.3) is 0 Å². The molecule has 0 spiro atoms. The SMILES string of the molecule is O=C(O)CC1(CCc2ccc3c(c2)CCCC3)CCCC1. The summed E-state index contributed by atoms with van der Waals surface area (Å²) in [6.45, 7) is 0. The summed E-state index contributed by atoms with van der Waals surface area (Å²) < 4.78 is 0. The minimum atomic E-state index is -0.623. The first kappa shape index (κ1) is 14.6. The van der Waals surface area contributed by atoms with E-state index >= 15 is 0 Å². The second-order valence-electron chi connectivity index (χ2n) is 7.09. The Morgan fingerprint density at radius 3 is 2.48 bits per heavy atom. The van der Waals surface area contributed by atoms with Gasteiger partial charge in [0, 0.05) is 0 Å². The average Bonchev–Trinajstić information content (AvgIpc) is 2.93. The quantitative estimate of drug-likeness (QED) is 0.863. The van der Waals surface area contributed by atoms with E-state index in [0.717, 1.165) is 25.7 Å². The number of hydrogen-bond donors (Lipinski definition) is 1. The van der Waals surface area contributed by atoms with Crippen molar-refractivity contribution in [2.75, 3.05) is 0 Å². The number of benzene rings is 1. The van der Waals surface area contributed by atoms with E-state index in [1.807, 2.05) is 0 Å². The first-order chi connectivity index (χ1) is 10.2. The molecule has 1 fully saturated rings. The molecule has 0 heterocycles. The molecular formula is C19H26O2. The van der Waals surface area contributed by atoms with Gasteiger partial charge in [0.2, 0.25) is 0 Å². The number of hydrogen-bond acceptors (Lipinski definition) is 1. The van der Waals surface area contributed by atoms with Gasteiger partial charge in [-0.25, -0.2) is 0 Å². The summed E-state index contributed by atoms with van der Waals surface area (Å²) in [5.41, 5.74) is 4.55. The van der Waals surface area contributed by atoms with Crippen molar-refractivity contribution in [3.63, 3.8) is 0 Å². The molecule has 2 aliphatic rings. The van der Waals surface area contributed by atoms with Crippen LogP contribution in [0, 0.1) is 5.41 Å². The van der Waals surface area contributed by atoms with Crippen LogP contribution in [0.5, 0.6) is 0 Å². The Morgan fingerprint density at radius 2 is 1.76 bits per heavy atom. The summed E-state index contributed by atoms with van der Waals surface area (Å²) in [6.07, 6.45) is 12.2. The summed E-state index contributed by atoms with van der Waals surface area (Å²) in [7, 11) is 0. The number of carboxylic acid groups (broad SMARTS) is 1. The molecule has 21 heavy (non-hydrogen) atoms. The summed E-state index contributed by atoms with van der Waals surface area (Å²) >= 11 is 0. The van der Waals surface area contributed by atoms with Crippen LogP contribution in [0.2, 0.25) is 0 Å². The van der Waals surface area contributed by atoms with Crippen molar-refractivity contribution in [1.29, 1.82) is 0 Å². The predicted octanol–water partition coefficient (Wildman–Crippen LogP) is 4.53. The molecule has 1 N–H and O–H groups in total. The second kappa shape index (κ2) is 6.21. The van der Waals surface area contributed by atoms with Crippen molar-refractivity contribution in [3.8, 4) is 0 Å². The molecule has 0 aliphatic heterocycles. The molecule has 1 aromatic carbocycles. The lowest BCUT2D eigenvalue weighted by atomic mass is 9.77. The van der Waals surface area contributed by atoms with Crippen LogP contribution in [0.25, 0.3) is 0 Å². The zero-order valence-electron chi connectivity index (χ0n) is 12.9. The summed E-state index contributed by atoms with van der Waals surface area (Å²) in [5, 5.41) is 9.19. The van der Waals surface area contributed by atoms with Gasteiger partial charge >= 0.3 is 5.97 Å². The fraction of sp³-hybridized carbons (Fsp3) is 0.632. The van der Waals surface area contributed by atoms with Crippen molar-refractivity contribution in [2.45, 2.75) is 70.6 Å². The molecule has 1 saturated carbocycles. The van der Waals surface area contributed by atoms with Gasteiger partial charge in [-0.05, 0) is 73.5 Å². The molecule has 0 unspecified atom stereocenters. The number of rotatable bonds is 5. The summed E-state index contributed by atoms with van der Waals surface area (Å²) in [5.74, 6) is -0.623. The minimum Gasteiger partial charge on any atom is -0.481 e. The van der Waals surface area contributed by atoms with Gasteiger partial charge < -0.3 is 5.11 Å². The number of fused-ring (bicyclic) bond motifs is 1. The second-order valence-corrected chi connectivity index (χ2v) is 7.09. The van der Waals surface area contributed by atoms with Crippen molar-refractivity contribution in [2.24, 2.45) is 5.41 Å². The van der Waals surface area contributed by atoms with Crippen molar-refractivity contribution in [3.05, 3.63) is 34.9 Å². The highest BCUT2D eigenvalue weighted by Crippen LogP contribution is 2.44. The third kappa shape index (κ3) is 3.48. The van der Waals surface area contributed by atoms with Crippen molar-refractivity contribution in [1.82, 2.24) is 0 Å². The van der Waals surface area contributed by atoms with Gasteiger partial charge in [0.1, 0.15) is 0 Å². The molecule has 2 aliphatic carbocycles. The third-order valence-corrected chi connectivity index (χ3v) is 5.55. The molecular weight excluding hydrogens is 260 g/mol. The maximum atomic E-state index is 11.2. The monoisotopic (exact) mass is 286 g/mol. The van der Waals surface area contributed by atoms with E-state index in [-0.39, 0.29) is 5.41 Å². The third-order valence-electron chi connectivity index (χ3n) is 5.55. The molecule has 1 aromatic rings. The van der Waals surface area contributed by atoms with E-state index in [0.29, 0.717) is 6.42 Å². The van der Waals surface area contributed by atoms with Crippen LogP contribution >= 0.6 is 0 Å². The Kier molecular flexibility index (Phi) is 4.32. The van der Waals surface area contributed by atoms with Gasteiger partial charge in [-0.2, -0.15) is 0 Å². The van der Waals surface area contributed by atoms with E-state index in [9.17, 15) is 9.90 Å². The number of carbonyl (C=O) groups is 1. The molecule has 0 amide bonds. The topological polar surface area (TPSA) is 37.3 Å². The van der Waals surface area contributed by atoms with Crippen LogP contribution in [0.15, 0.2) is 18.2 Å². The van der Waals surface area contributed by atoms with Gasteiger partial charge in [-0.15, -0.1) is 0 Å². The molecule has 0 atom stereocenters. The first-order valence-electron chi connectivity index (χ1n) is 8.49. The highest BCUT2D eigenvalue weighted by molar-refractivity contribution is 5.67. The molecule has 2 heteroatoms. The van der Waals surface area contributed by atoms with E-state index in [1.165, 1.54) is 55.2 Å². The number of carboxylic acids is 1. The van der Waals surface area contributed by atoms with Gasteiger partial charge in [-0.3, -0.25) is 4.79 Å². The van der Waals surface area contributed by atoms with E-state index in [4.69, 9.17) is 0 Å². The van der Waals surface area contributed by atoms with Crippen LogP contribution in [0.4, 0.5) is 0 Å². The molecule has 3 rings (SSSR count). The van der Waals surface area contributed by atoms with Crippen LogP contribution in [-0.2, 0) is 24.1 Å². The van der Waals surface area contributed by atoms with Crippen LogP contribution < -0.4 is 0 Å². The Bertz CT molecular complexity index is 512. The maximum Gasteiger partial charge on any atom is 0.303 e. The van der Waals surface area contributed by atoms with Gasteiger partial charge in [0.15, 0.2) is 0 Å². The van der Waals surface area contributed by atoms with Crippen molar-refractivity contribution < 1.29 is 9.90 Å². The smallest absolute Gasteiger partial charge is 0.303 e. The van der Waals surface area contributed by atoms with Crippen LogP contribution in [0.1, 0.15) is 68.1 Å². The highest BCUT2D eigenvalue weighted by atomic mass is 16.4. The lowest BCUT2D eigenvalue weighted by Gasteiger charge is -2.27. The minimum absolute atomic E-state index is 0.0712. The zero-order chi connectivity index (χ0) is 14.7. The molecule has 2 nitrogen and oxygen atoms in total. The Balaban J connectivity index is 1.67.